The molecule has 5 heteroatoms. The number of hydrogen-bond donors (Lipinski definition) is 3. The maximum Gasteiger partial charge on any atom is 0.228 e. The number of anilines is 3. The summed E-state index contributed by atoms with van der Waals surface area (Å²) in [4.78, 5) is 25.3. The third-order valence-electron chi connectivity index (χ3n) is 5.24. The second-order valence-corrected chi connectivity index (χ2v) is 7.50. The van der Waals surface area contributed by atoms with E-state index in [0.29, 0.717) is 18.9 Å². The lowest BCUT2D eigenvalue weighted by atomic mass is 9.81. The molecule has 2 aliphatic carbocycles. The Morgan fingerprint density at radius 3 is 1.93 bits per heavy atom. The molecule has 5 nitrogen and oxygen atoms in total. The molecule has 0 radical (unpaired) electrons. The van der Waals surface area contributed by atoms with Crippen LogP contribution in [0.4, 0.5) is 17.1 Å². The van der Waals surface area contributed by atoms with Gasteiger partial charge in [-0.15, -0.1) is 0 Å². The first-order valence-electron chi connectivity index (χ1n) is 9.87. The minimum absolute atomic E-state index is 0.00871. The van der Waals surface area contributed by atoms with Crippen LogP contribution in [-0.4, -0.2) is 17.9 Å². The van der Waals surface area contributed by atoms with Crippen LogP contribution in [0.1, 0.15) is 25.7 Å². The minimum Gasteiger partial charge on any atom is -0.356 e. The fourth-order valence-corrected chi connectivity index (χ4v) is 3.49. The van der Waals surface area contributed by atoms with Gasteiger partial charge < -0.3 is 16.0 Å². The Kier molecular flexibility index (Phi) is 5.42. The average Bonchev–Trinajstić information content (AvgIpc) is 3.54. The summed E-state index contributed by atoms with van der Waals surface area (Å²) in [5, 5.41) is 9.34. The van der Waals surface area contributed by atoms with E-state index in [-0.39, 0.29) is 23.7 Å². The van der Waals surface area contributed by atoms with Gasteiger partial charge >= 0.3 is 0 Å². The van der Waals surface area contributed by atoms with Crippen LogP contribution in [-0.2, 0) is 9.59 Å². The molecule has 1 fully saturated rings. The summed E-state index contributed by atoms with van der Waals surface area (Å²) in [6, 6.07) is 17.9. The van der Waals surface area contributed by atoms with Crippen molar-refractivity contribution in [2.75, 3.05) is 10.6 Å². The summed E-state index contributed by atoms with van der Waals surface area (Å²) < 4.78 is 0. The van der Waals surface area contributed by atoms with E-state index in [4.69, 9.17) is 0 Å². The van der Waals surface area contributed by atoms with Crippen molar-refractivity contribution in [1.29, 1.82) is 0 Å². The first-order chi connectivity index (χ1) is 13.7. The van der Waals surface area contributed by atoms with Gasteiger partial charge in [-0.25, -0.2) is 0 Å². The van der Waals surface area contributed by atoms with Crippen LogP contribution in [0.2, 0.25) is 0 Å². The Hall–Kier alpha value is -3.08. The Morgan fingerprint density at radius 2 is 1.29 bits per heavy atom. The summed E-state index contributed by atoms with van der Waals surface area (Å²) in [7, 11) is 0. The SMILES string of the molecule is O=C(Nc1ccc(Nc2ccccc2)cc1)C1CC=CCC1C(=O)NC1CC1. The number of amides is 2. The molecule has 4 rings (SSSR count). The number of carbonyl (C=O) groups excluding carboxylic acids is 2. The Balaban J connectivity index is 1.37. The summed E-state index contributed by atoms with van der Waals surface area (Å²) >= 11 is 0. The number of para-hydroxylation sites is 1. The predicted octanol–water partition coefficient (Wildman–Crippen LogP) is 4.23. The van der Waals surface area contributed by atoms with E-state index >= 15 is 0 Å². The smallest absolute Gasteiger partial charge is 0.228 e. The molecule has 1 saturated carbocycles. The molecule has 0 spiro atoms. The zero-order valence-corrected chi connectivity index (χ0v) is 15.7. The summed E-state index contributed by atoms with van der Waals surface area (Å²) in [6.07, 6.45) is 7.32. The van der Waals surface area contributed by atoms with Gasteiger partial charge in [0.25, 0.3) is 0 Å². The fourth-order valence-electron chi connectivity index (χ4n) is 3.49. The molecular formula is C23H25N3O2. The van der Waals surface area contributed by atoms with Gasteiger partial charge in [0.05, 0.1) is 11.8 Å². The minimum atomic E-state index is -0.328. The molecule has 28 heavy (non-hydrogen) atoms. The van der Waals surface area contributed by atoms with Gasteiger partial charge in [-0.3, -0.25) is 9.59 Å². The van der Waals surface area contributed by atoms with Crippen LogP contribution in [0.15, 0.2) is 66.7 Å². The number of carbonyl (C=O) groups is 2. The van der Waals surface area contributed by atoms with Crippen molar-refractivity contribution >= 4 is 28.9 Å². The lowest BCUT2D eigenvalue weighted by Crippen LogP contribution is -2.41. The molecule has 2 unspecified atom stereocenters. The van der Waals surface area contributed by atoms with Crippen molar-refractivity contribution in [2.24, 2.45) is 11.8 Å². The second kappa shape index (κ2) is 8.30. The third-order valence-corrected chi connectivity index (χ3v) is 5.24. The Bertz CT molecular complexity index is 857. The topological polar surface area (TPSA) is 70.2 Å². The summed E-state index contributed by atoms with van der Waals surface area (Å²) in [5.74, 6) is -0.700. The van der Waals surface area contributed by atoms with Crippen LogP contribution < -0.4 is 16.0 Å². The summed E-state index contributed by atoms with van der Waals surface area (Å²) in [5.41, 5.74) is 2.70. The van der Waals surface area contributed by atoms with Gasteiger partial charge in [0, 0.05) is 23.1 Å². The standard InChI is InChI=1S/C23H25N3O2/c27-22(20-8-4-5-9-21(20)23(28)26-19-14-15-19)25-18-12-10-17(11-13-18)24-16-6-2-1-3-7-16/h1-7,10-13,19-21,24H,8-9,14-15H2,(H,25,27)(H,26,28). The van der Waals surface area contributed by atoms with E-state index in [2.05, 4.69) is 16.0 Å². The number of hydrogen-bond acceptors (Lipinski definition) is 3. The molecule has 2 aliphatic rings. The zero-order valence-electron chi connectivity index (χ0n) is 15.7. The van der Waals surface area contributed by atoms with Crippen LogP contribution in [0.5, 0.6) is 0 Å². The van der Waals surface area contributed by atoms with Crippen molar-refractivity contribution in [3.63, 3.8) is 0 Å². The first-order valence-corrected chi connectivity index (χ1v) is 9.87. The number of rotatable bonds is 6. The van der Waals surface area contributed by atoms with E-state index in [1.165, 1.54) is 0 Å². The highest BCUT2D eigenvalue weighted by Gasteiger charge is 2.36. The quantitative estimate of drug-likeness (QED) is 0.662. The Labute approximate surface area is 165 Å². The maximum atomic E-state index is 12.8. The molecule has 2 amide bonds. The van der Waals surface area contributed by atoms with Crippen molar-refractivity contribution < 1.29 is 9.59 Å². The molecule has 0 aromatic heterocycles. The van der Waals surface area contributed by atoms with Crippen molar-refractivity contribution in [1.82, 2.24) is 5.32 Å². The van der Waals surface area contributed by atoms with E-state index in [0.717, 1.165) is 29.9 Å². The number of benzene rings is 2. The lowest BCUT2D eigenvalue weighted by molar-refractivity contribution is -0.132. The monoisotopic (exact) mass is 375 g/mol. The number of allylic oxidation sites excluding steroid dienone is 2. The highest BCUT2D eigenvalue weighted by atomic mass is 16.2. The van der Waals surface area contributed by atoms with Crippen LogP contribution in [0, 0.1) is 11.8 Å². The molecule has 2 aromatic rings. The highest BCUT2D eigenvalue weighted by molar-refractivity contribution is 5.96. The first kappa shape index (κ1) is 18.3. The third kappa shape index (κ3) is 4.60. The van der Waals surface area contributed by atoms with Gasteiger partial charge in [-0.05, 0) is 62.1 Å². The van der Waals surface area contributed by atoms with Crippen LogP contribution in [0.3, 0.4) is 0 Å². The van der Waals surface area contributed by atoms with Crippen LogP contribution >= 0.6 is 0 Å². The molecule has 0 saturated heterocycles. The number of nitrogens with one attached hydrogen (secondary N) is 3. The second-order valence-electron chi connectivity index (χ2n) is 7.50. The van der Waals surface area contributed by atoms with Gasteiger partial charge in [0.2, 0.25) is 11.8 Å². The van der Waals surface area contributed by atoms with Crippen molar-refractivity contribution in [2.45, 2.75) is 31.7 Å². The van der Waals surface area contributed by atoms with Gasteiger partial charge in [0.15, 0.2) is 0 Å². The van der Waals surface area contributed by atoms with Crippen molar-refractivity contribution in [3.05, 3.63) is 66.7 Å². The van der Waals surface area contributed by atoms with E-state index < -0.39 is 0 Å². The van der Waals surface area contributed by atoms with Crippen LogP contribution in [0.25, 0.3) is 0 Å². The normalized spacial score (nSPS) is 21.0. The van der Waals surface area contributed by atoms with Gasteiger partial charge in [-0.2, -0.15) is 0 Å². The molecule has 2 aromatic carbocycles. The fraction of sp³-hybridized carbons (Fsp3) is 0.304. The van der Waals surface area contributed by atoms with E-state index in [1.54, 1.807) is 0 Å². The molecule has 0 heterocycles. The van der Waals surface area contributed by atoms with Crippen molar-refractivity contribution in [3.8, 4) is 0 Å². The molecule has 144 valence electrons. The summed E-state index contributed by atoms with van der Waals surface area (Å²) in [6.45, 7) is 0. The molecule has 0 bridgehead atoms. The van der Waals surface area contributed by atoms with Gasteiger partial charge in [-0.1, -0.05) is 30.4 Å². The predicted molar refractivity (Wildman–Crippen MR) is 111 cm³/mol. The van der Waals surface area contributed by atoms with E-state index in [9.17, 15) is 9.59 Å². The van der Waals surface area contributed by atoms with E-state index in [1.807, 2.05) is 66.7 Å². The zero-order chi connectivity index (χ0) is 19.3. The lowest BCUT2D eigenvalue weighted by Gasteiger charge is -2.26. The average molecular weight is 375 g/mol. The molecular weight excluding hydrogens is 350 g/mol. The van der Waals surface area contributed by atoms with Gasteiger partial charge in [0.1, 0.15) is 0 Å². The molecule has 0 aliphatic heterocycles. The maximum absolute atomic E-state index is 12.8. The largest absolute Gasteiger partial charge is 0.356 e. The Morgan fingerprint density at radius 1 is 0.714 bits per heavy atom. The molecule has 2 atom stereocenters. The highest BCUT2D eigenvalue weighted by Crippen LogP contribution is 2.29. The molecule has 3 N–H and O–H groups in total.